The first kappa shape index (κ1) is 21.1. The lowest BCUT2D eigenvalue weighted by Crippen LogP contribution is -2.50. The summed E-state index contributed by atoms with van der Waals surface area (Å²) in [6.07, 6.45) is 0.303. The zero-order valence-corrected chi connectivity index (χ0v) is 18.2. The number of nitrogens with zero attached hydrogens (tertiary/aromatic N) is 1. The van der Waals surface area contributed by atoms with Crippen LogP contribution in [0, 0.1) is 6.92 Å². The Morgan fingerprint density at radius 3 is 2.42 bits per heavy atom. The standard InChI is InChI=1S/C24H24N2O4S/c1-17-10-12-22(13-11-17)31(28,29)26-16-19-7-4-3-6-18(19)14-23(26)24(27)25-20-8-5-9-21(15-20)30-2/h3-13,15,23H,14,16H2,1-2H3,(H,25,27)/t23-/m0/s1. The number of benzene rings is 3. The van der Waals surface area contributed by atoms with Crippen LogP contribution in [-0.4, -0.2) is 31.8 Å². The van der Waals surface area contributed by atoms with E-state index in [4.69, 9.17) is 4.74 Å². The van der Waals surface area contributed by atoms with E-state index in [1.807, 2.05) is 31.2 Å². The number of ether oxygens (including phenoxy) is 1. The van der Waals surface area contributed by atoms with Crippen molar-refractivity contribution in [2.45, 2.75) is 30.8 Å². The molecule has 6 nitrogen and oxygen atoms in total. The third-order valence-electron chi connectivity index (χ3n) is 5.47. The SMILES string of the molecule is COc1cccc(NC(=O)[C@@H]2Cc3ccccc3CN2S(=O)(=O)c2ccc(C)cc2)c1. The summed E-state index contributed by atoms with van der Waals surface area (Å²) < 4.78 is 33.5. The highest BCUT2D eigenvalue weighted by molar-refractivity contribution is 7.89. The Morgan fingerprint density at radius 1 is 1.00 bits per heavy atom. The van der Waals surface area contributed by atoms with Crippen LogP contribution in [0.4, 0.5) is 5.69 Å². The summed E-state index contributed by atoms with van der Waals surface area (Å²) in [5.74, 6) is 0.231. The Hall–Kier alpha value is -3.16. The Bertz CT molecular complexity index is 1210. The monoisotopic (exact) mass is 436 g/mol. The van der Waals surface area contributed by atoms with Gasteiger partial charge in [-0.3, -0.25) is 4.79 Å². The third kappa shape index (κ3) is 4.33. The number of anilines is 1. The first-order chi connectivity index (χ1) is 14.9. The second-order valence-corrected chi connectivity index (χ2v) is 9.46. The van der Waals surface area contributed by atoms with Gasteiger partial charge in [-0.1, -0.05) is 48.0 Å². The maximum atomic E-state index is 13.5. The molecule has 1 amide bonds. The molecule has 3 aromatic rings. The number of nitrogens with one attached hydrogen (secondary N) is 1. The number of carbonyl (C=O) groups excluding carboxylic acids is 1. The van der Waals surface area contributed by atoms with Gasteiger partial charge in [-0.05, 0) is 48.7 Å². The Labute approximate surface area is 182 Å². The molecule has 0 spiro atoms. The molecule has 1 heterocycles. The fraction of sp³-hybridized carbons (Fsp3) is 0.208. The molecule has 1 N–H and O–H groups in total. The van der Waals surface area contributed by atoms with Crippen LogP contribution in [-0.2, 0) is 27.8 Å². The van der Waals surface area contributed by atoms with Crippen molar-refractivity contribution in [3.8, 4) is 5.75 Å². The molecule has 0 aliphatic carbocycles. The lowest BCUT2D eigenvalue weighted by Gasteiger charge is -2.35. The third-order valence-corrected chi connectivity index (χ3v) is 7.34. The van der Waals surface area contributed by atoms with Gasteiger partial charge in [0, 0.05) is 18.3 Å². The van der Waals surface area contributed by atoms with Crippen molar-refractivity contribution in [3.05, 3.63) is 89.5 Å². The lowest BCUT2D eigenvalue weighted by molar-refractivity contribution is -0.120. The van der Waals surface area contributed by atoms with Gasteiger partial charge in [-0.2, -0.15) is 4.31 Å². The number of hydrogen-bond acceptors (Lipinski definition) is 4. The first-order valence-corrected chi connectivity index (χ1v) is 11.4. The Balaban J connectivity index is 1.70. The fourth-order valence-electron chi connectivity index (χ4n) is 3.75. The molecule has 0 fully saturated rings. The summed E-state index contributed by atoms with van der Waals surface area (Å²) in [4.78, 5) is 13.4. The van der Waals surface area contributed by atoms with Gasteiger partial charge in [-0.25, -0.2) is 8.42 Å². The summed E-state index contributed by atoms with van der Waals surface area (Å²) in [6.45, 7) is 2.04. The molecule has 7 heteroatoms. The number of aryl methyl sites for hydroxylation is 1. The second-order valence-electron chi connectivity index (χ2n) is 7.57. The molecule has 0 saturated carbocycles. The molecule has 1 aliphatic heterocycles. The van der Waals surface area contributed by atoms with Crippen molar-refractivity contribution in [2.75, 3.05) is 12.4 Å². The van der Waals surface area contributed by atoms with Gasteiger partial charge in [0.05, 0.1) is 12.0 Å². The summed E-state index contributed by atoms with van der Waals surface area (Å²) in [5.41, 5.74) is 3.40. The van der Waals surface area contributed by atoms with E-state index in [2.05, 4.69) is 5.32 Å². The van der Waals surface area contributed by atoms with Gasteiger partial charge in [-0.15, -0.1) is 0 Å². The summed E-state index contributed by atoms with van der Waals surface area (Å²) >= 11 is 0. The quantitative estimate of drug-likeness (QED) is 0.661. The summed E-state index contributed by atoms with van der Waals surface area (Å²) in [6, 6.07) is 20.4. The molecule has 1 aliphatic rings. The van der Waals surface area contributed by atoms with Crippen molar-refractivity contribution in [1.82, 2.24) is 4.31 Å². The van der Waals surface area contributed by atoms with Gasteiger partial charge in [0.2, 0.25) is 15.9 Å². The van der Waals surface area contributed by atoms with Crippen molar-refractivity contribution in [1.29, 1.82) is 0 Å². The van der Waals surface area contributed by atoms with Crippen LogP contribution in [0.5, 0.6) is 5.75 Å². The second kappa shape index (κ2) is 8.53. The zero-order valence-electron chi connectivity index (χ0n) is 17.4. The number of fused-ring (bicyclic) bond motifs is 1. The van der Waals surface area contributed by atoms with Gasteiger partial charge >= 0.3 is 0 Å². The van der Waals surface area contributed by atoms with E-state index in [0.717, 1.165) is 16.7 Å². The summed E-state index contributed by atoms with van der Waals surface area (Å²) in [7, 11) is -2.32. The predicted octanol–water partition coefficient (Wildman–Crippen LogP) is 3.76. The van der Waals surface area contributed by atoms with E-state index in [9.17, 15) is 13.2 Å². The Morgan fingerprint density at radius 2 is 1.71 bits per heavy atom. The van der Waals surface area contributed by atoms with Crippen molar-refractivity contribution >= 4 is 21.6 Å². The van der Waals surface area contributed by atoms with Gasteiger partial charge < -0.3 is 10.1 Å². The van der Waals surface area contributed by atoms with Crippen LogP contribution >= 0.6 is 0 Å². The van der Waals surface area contributed by atoms with Crippen LogP contribution in [0.25, 0.3) is 0 Å². The maximum Gasteiger partial charge on any atom is 0.244 e. The molecule has 0 radical (unpaired) electrons. The Kier molecular flexibility index (Phi) is 5.80. The van der Waals surface area contributed by atoms with E-state index in [1.165, 1.54) is 4.31 Å². The van der Waals surface area contributed by atoms with Crippen LogP contribution < -0.4 is 10.1 Å². The predicted molar refractivity (Wildman–Crippen MR) is 119 cm³/mol. The van der Waals surface area contributed by atoms with Gasteiger partial charge in [0.1, 0.15) is 11.8 Å². The van der Waals surface area contributed by atoms with Crippen molar-refractivity contribution in [3.63, 3.8) is 0 Å². The van der Waals surface area contributed by atoms with Crippen LogP contribution in [0.3, 0.4) is 0 Å². The average molecular weight is 437 g/mol. The van der Waals surface area contributed by atoms with E-state index < -0.39 is 16.1 Å². The number of sulfonamides is 1. The molecule has 0 bridgehead atoms. The minimum Gasteiger partial charge on any atom is -0.497 e. The normalized spacial score (nSPS) is 16.4. The maximum absolute atomic E-state index is 13.5. The molecule has 0 saturated heterocycles. The summed E-state index contributed by atoms with van der Waals surface area (Å²) in [5, 5.41) is 2.85. The number of amides is 1. The zero-order chi connectivity index (χ0) is 22.0. The molecule has 0 unspecified atom stereocenters. The number of methoxy groups -OCH3 is 1. The number of rotatable bonds is 5. The molecule has 4 rings (SSSR count). The molecular formula is C24H24N2O4S. The van der Waals surface area contributed by atoms with Crippen molar-refractivity contribution in [2.24, 2.45) is 0 Å². The van der Waals surface area contributed by atoms with Crippen LogP contribution in [0.15, 0.2) is 77.7 Å². The van der Waals surface area contributed by atoms with Gasteiger partial charge in [0.25, 0.3) is 0 Å². The van der Waals surface area contributed by atoms with E-state index in [-0.39, 0.29) is 17.3 Å². The molecule has 1 atom stereocenters. The highest BCUT2D eigenvalue weighted by Gasteiger charge is 2.39. The van der Waals surface area contributed by atoms with E-state index >= 15 is 0 Å². The van der Waals surface area contributed by atoms with E-state index in [1.54, 1.807) is 55.6 Å². The average Bonchev–Trinajstić information content (AvgIpc) is 2.78. The first-order valence-electron chi connectivity index (χ1n) is 9.99. The van der Waals surface area contributed by atoms with E-state index in [0.29, 0.717) is 17.9 Å². The molecule has 160 valence electrons. The fourth-order valence-corrected chi connectivity index (χ4v) is 5.31. The highest BCUT2D eigenvalue weighted by Crippen LogP contribution is 2.30. The lowest BCUT2D eigenvalue weighted by atomic mass is 9.95. The molecule has 31 heavy (non-hydrogen) atoms. The number of carbonyl (C=O) groups is 1. The van der Waals surface area contributed by atoms with Crippen molar-refractivity contribution < 1.29 is 17.9 Å². The minimum atomic E-state index is -3.87. The smallest absolute Gasteiger partial charge is 0.244 e. The van der Waals surface area contributed by atoms with Gasteiger partial charge in [0.15, 0.2) is 0 Å². The molecule has 3 aromatic carbocycles. The minimum absolute atomic E-state index is 0.141. The number of hydrogen-bond donors (Lipinski definition) is 1. The highest BCUT2D eigenvalue weighted by atomic mass is 32.2. The topological polar surface area (TPSA) is 75.7 Å². The van der Waals surface area contributed by atoms with Crippen LogP contribution in [0.1, 0.15) is 16.7 Å². The largest absolute Gasteiger partial charge is 0.497 e. The van der Waals surface area contributed by atoms with Crippen LogP contribution in [0.2, 0.25) is 0 Å². The molecular weight excluding hydrogens is 412 g/mol. The molecule has 0 aromatic heterocycles.